The van der Waals surface area contributed by atoms with Gasteiger partial charge in [-0.15, -0.1) is 0 Å². The third-order valence-electron chi connectivity index (χ3n) is 4.48. The molecule has 0 atom stereocenters. The molecule has 1 saturated carbocycles. The minimum absolute atomic E-state index is 0.573. The molecule has 6 heteroatoms. The molecule has 0 radical (unpaired) electrons. The summed E-state index contributed by atoms with van der Waals surface area (Å²) in [5.74, 6) is 0.573. The lowest BCUT2D eigenvalue weighted by Gasteiger charge is -2.07. The van der Waals surface area contributed by atoms with Gasteiger partial charge < -0.3 is 0 Å². The Morgan fingerprint density at radius 1 is 1.21 bits per heavy atom. The molecule has 0 saturated heterocycles. The van der Waals surface area contributed by atoms with E-state index in [9.17, 15) is 0 Å². The number of hydrogen-bond acceptors (Lipinski definition) is 4. The Kier molecular flexibility index (Phi) is 2.79. The fourth-order valence-corrected chi connectivity index (χ4v) is 3.14. The average molecular weight is 316 g/mol. The summed E-state index contributed by atoms with van der Waals surface area (Å²) < 4.78 is 1.78. The lowest BCUT2D eigenvalue weighted by Crippen LogP contribution is -1.91. The standard InChI is InChI=1S/C18H16N6/c1-24-10-12(9-20-24)15-8-13(14-4-2-3-7-19-14)16-17(11-5-6-11)22-23-18(16)21-15/h2-4,7-11H,5-6H2,1H3,(H,21,22,23). The van der Waals surface area contributed by atoms with Crippen LogP contribution in [0.3, 0.4) is 0 Å². The zero-order valence-electron chi connectivity index (χ0n) is 13.3. The molecule has 4 heterocycles. The molecule has 0 amide bonds. The number of hydrogen-bond donors (Lipinski definition) is 1. The summed E-state index contributed by atoms with van der Waals surface area (Å²) in [6, 6.07) is 8.07. The topological polar surface area (TPSA) is 72.3 Å². The van der Waals surface area contributed by atoms with Gasteiger partial charge in [0, 0.05) is 42.2 Å². The molecule has 4 aromatic heterocycles. The largest absolute Gasteiger partial charge is 0.279 e. The second-order valence-electron chi connectivity index (χ2n) is 6.28. The van der Waals surface area contributed by atoms with Gasteiger partial charge in [0.15, 0.2) is 5.65 Å². The second kappa shape index (κ2) is 4.99. The Labute approximate surface area is 138 Å². The van der Waals surface area contributed by atoms with Crippen LogP contribution >= 0.6 is 0 Å². The Morgan fingerprint density at radius 3 is 2.83 bits per heavy atom. The first-order valence-electron chi connectivity index (χ1n) is 8.09. The maximum Gasteiger partial charge on any atom is 0.182 e. The highest BCUT2D eigenvalue weighted by molar-refractivity contribution is 5.96. The van der Waals surface area contributed by atoms with E-state index < -0.39 is 0 Å². The molecule has 0 spiro atoms. The average Bonchev–Trinajstić information content (AvgIpc) is 3.22. The molecule has 0 unspecified atom stereocenters. The zero-order chi connectivity index (χ0) is 16.1. The van der Waals surface area contributed by atoms with Crippen LogP contribution in [0.4, 0.5) is 0 Å². The number of nitrogens with one attached hydrogen (secondary N) is 1. The van der Waals surface area contributed by atoms with Crippen LogP contribution in [0, 0.1) is 0 Å². The van der Waals surface area contributed by atoms with Crippen molar-refractivity contribution in [1.29, 1.82) is 0 Å². The molecule has 1 aliphatic rings. The predicted octanol–water partition coefficient (Wildman–Crippen LogP) is 3.30. The highest BCUT2D eigenvalue weighted by atomic mass is 15.2. The van der Waals surface area contributed by atoms with Crippen molar-refractivity contribution in [3.8, 4) is 22.5 Å². The Bertz CT molecular complexity index is 1030. The SMILES string of the molecule is Cn1cc(-c2cc(-c3ccccn3)c3c(C4CC4)[nH]nc3n2)cn1. The molecule has 0 aromatic carbocycles. The summed E-state index contributed by atoms with van der Waals surface area (Å²) in [5.41, 5.74) is 5.81. The fraction of sp³-hybridized carbons (Fsp3) is 0.222. The van der Waals surface area contributed by atoms with Crippen molar-refractivity contribution < 1.29 is 0 Å². The monoisotopic (exact) mass is 316 g/mol. The van der Waals surface area contributed by atoms with Gasteiger partial charge in [0.1, 0.15) is 0 Å². The number of aromatic amines is 1. The molecule has 1 aliphatic carbocycles. The molecule has 1 N–H and O–H groups in total. The van der Waals surface area contributed by atoms with Crippen LogP contribution < -0.4 is 0 Å². The molecular weight excluding hydrogens is 300 g/mol. The number of nitrogens with zero attached hydrogens (tertiary/aromatic N) is 5. The third-order valence-corrected chi connectivity index (χ3v) is 4.48. The van der Waals surface area contributed by atoms with Crippen LogP contribution in [0.25, 0.3) is 33.5 Å². The van der Waals surface area contributed by atoms with Crippen LogP contribution in [-0.4, -0.2) is 29.9 Å². The van der Waals surface area contributed by atoms with Gasteiger partial charge >= 0.3 is 0 Å². The Morgan fingerprint density at radius 2 is 2.12 bits per heavy atom. The van der Waals surface area contributed by atoms with E-state index in [-0.39, 0.29) is 0 Å². The van der Waals surface area contributed by atoms with Crippen molar-refractivity contribution in [3.63, 3.8) is 0 Å². The second-order valence-corrected chi connectivity index (χ2v) is 6.28. The van der Waals surface area contributed by atoms with E-state index in [0.717, 1.165) is 33.5 Å². The van der Waals surface area contributed by atoms with Crippen LogP contribution in [0.2, 0.25) is 0 Å². The molecule has 0 aliphatic heterocycles. The summed E-state index contributed by atoms with van der Waals surface area (Å²) >= 11 is 0. The summed E-state index contributed by atoms with van der Waals surface area (Å²) in [5, 5.41) is 13.0. The Hall–Kier alpha value is -3.02. The van der Waals surface area contributed by atoms with E-state index in [1.165, 1.54) is 18.5 Å². The minimum atomic E-state index is 0.573. The van der Waals surface area contributed by atoms with Crippen LogP contribution in [0.15, 0.2) is 42.9 Å². The zero-order valence-corrected chi connectivity index (χ0v) is 13.3. The number of H-pyrrole nitrogens is 1. The predicted molar refractivity (Wildman–Crippen MR) is 91.3 cm³/mol. The van der Waals surface area contributed by atoms with E-state index in [1.54, 1.807) is 4.68 Å². The first-order chi connectivity index (χ1) is 11.8. The van der Waals surface area contributed by atoms with E-state index in [4.69, 9.17) is 4.98 Å². The van der Waals surface area contributed by atoms with Crippen molar-refractivity contribution in [2.75, 3.05) is 0 Å². The minimum Gasteiger partial charge on any atom is -0.279 e. The quantitative estimate of drug-likeness (QED) is 0.629. The van der Waals surface area contributed by atoms with E-state index in [2.05, 4.69) is 26.3 Å². The van der Waals surface area contributed by atoms with Crippen molar-refractivity contribution >= 4 is 11.0 Å². The summed E-state index contributed by atoms with van der Waals surface area (Å²) in [6.45, 7) is 0. The van der Waals surface area contributed by atoms with Gasteiger partial charge in [-0.25, -0.2) is 4.98 Å². The summed E-state index contributed by atoms with van der Waals surface area (Å²) in [4.78, 5) is 9.30. The van der Waals surface area contributed by atoms with Crippen molar-refractivity contribution in [3.05, 3.63) is 48.5 Å². The smallest absolute Gasteiger partial charge is 0.182 e. The van der Waals surface area contributed by atoms with Gasteiger partial charge in [0.2, 0.25) is 0 Å². The van der Waals surface area contributed by atoms with E-state index in [0.29, 0.717) is 5.92 Å². The van der Waals surface area contributed by atoms with Gasteiger partial charge in [-0.05, 0) is 31.0 Å². The molecule has 118 valence electrons. The molecule has 5 rings (SSSR count). The lowest BCUT2D eigenvalue weighted by molar-refractivity contribution is 0.768. The number of pyridine rings is 2. The number of aromatic nitrogens is 6. The first kappa shape index (κ1) is 13.4. The highest BCUT2D eigenvalue weighted by Gasteiger charge is 2.29. The van der Waals surface area contributed by atoms with E-state index in [1.807, 2.05) is 43.8 Å². The van der Waals surface area contributed by atoms with Crippen molar-refractivity contribution in [1.82, 2.24) is 29.9 Å². The molecule has 6 nitrogen and oxygen atoms in total. The lowest BCUT2D eigenvalue weighted by atomic mass is 10.0. The number of aryl methyl sites for hydroxylation is 1. The molecule has 24 heavy (non-hydrogen) atoms. The number of rotatable bonds is 3. The van der Waals surface area contributed by atoms with Crippen LogP contribution in [-0.2, 0) is 7.05 Å². The van der Waals surface area contributed by atoms with Crippen LogP contribution in [0.1, 0.15) is 24.5 Å². The highest BCUT2D eigenvalue weighted by Crippen LogP contribution is 2.44. The maximum atomic E-state index is 4.75. The molecule has 1 fully saturated rings. The normalized spacial score (nSPS) is 14.4. The van der Waals surface area contributed by atoms with Crippen LogP contribution in [0.5, 0.6) is 0 Å². The van der Waals surface area contributed by atoms with Gasteiger partial charge in [0.25, 0.3) is 0 Å². The fourth-order valence-electron chi connectivity index (χ4n) is 3.14. The summed E-state index contributed by atoms with van der Waals surface area (Å²) in [6.07, 6.45) is 8.03. The van der Waals surface area contributed by atoms with Crippen molar-refractivity contribution in [2.24, 2.45) is 7.05 Å². The first-order valence-corrected chi connectivity index (χ1v) is 8.09. The van der Waals surface area contributed by atoms with Gasteiger partial charge in [-0.3, -0.25) is 14.8 Å². The van der Waals surface area contributed by atoms with Gasteiger partial charge in [0.05, 0.1) is 23.0 Å². The van der Waals surface area contributed by atoms with Gasteiger partial charge in [-0.1, -0.05) is 6.07 Å². The summed E-state index contributed by atoms with van der Waals surface area (Å²) in [7, 11) is 1.90. The molecular formula is C18H16N6. The third kappa shape index (κ3) is 2.11. The van der Waals surface area contributed by atoms with Crippen molar-refractivity contribution in [2.45, 2.75) is 18.8 Å². The molecule has 4 aromatic rings. The van der Waals surface area contributed by atoms with Gasteiger partial charge in [-0.2, -0.15) is 10.2 Å². The Balaban J connectivity index is 1.80. The van der Waals surface area contributed by atoms with E-state index >= 15 is 0 Å². The maximum absolute atomic E-state index is 4.75. The molecule has 0 bridgehead atoms. The number of fused-ring (bicyclic) bond motifs is 1.